The van der Waals surface area contributed by atoms with Gasteiger partial charge in [0.05, 0.1) is 12.7 Å². The molecule has 0 radical (unpaired) electrons. The monoisotopic (exact) mass is 254 g/mol. The number of rotatable bonds is 4. The van der Waals surface area contributed by atoms with Crippen LogP contribution in [0.2, 0.25) is 5.02 Å². The molecule has 0 saturated heterocycles. The lowest BCUT2D eigenvalue weighted by atomic mass is 9.93. The quantitative estimate of drug-likeness (QED) is 0.611. The summed E-state index contributed by atoms with van der Waals surface area (Å²) < 4.78 is 4.65. The first-order chi connectivity index (χ1) is 8.01. The van der Waals surface area contributed by atoms with Gasteiger partial charge in [-0.2, -0.15) is 0 Å². The molecule has 0 aliphatic heterocycles. The highest BCUT2D eigenvalue weighted by molar-refractivity contribution is 6.31. The molecule has 1 unspecified atom stereocenters. The number of methoxy groups -OCH3 is 1. The molecule has 0 fully saturated rings. The van der Waals surface area contributed by atoms with Crippen molar-refractivity contribution < 1.29 is 14.3 Å². The van der Waals surface area contributed by atoms with Crippen molar-refractivity contribution in [1.29, 1.82) is 0 Å². The van der Waals surface area contributed by atoms with Crippen LogP contribution in [0.3, 0.4) is 0 Å². The minimum atomic E-state index is -0.542. The zero-order valence-corrected chi connectivity index (χ0v) is 10.9. The fourth-order valence-corrected chi connectivity index (χ4v) is 1.63. The van der Waals surface area contributed by atoms with Crippen molar-refractivity contribution in [2.75, 3.05) is 7.11 Å². The Labute approximate surface area is 106 Å². The molecule has 0 aliphatic rings. The van der Waals surface area contributed by atoms with Gasteiger partial charge in [0.15, 0.2) is 5.78 Å². The van der Waals surface area contributed by atoms with Gasteiger partial charge in [-0.25, -0.2) is 4.79 Å². The molecule has 1 atom stereocenters. The number of benzene rings is 1. The number of hydrogen-bond donors (Lipinski definition) is 0. The lowest BCUT2D eigenvalue weighted by Crippen LogP contribution is -2.16. The van der Waals surface area contributed by atoms with E-state index < -0.39 is 5.97 Å². The van der Waals surface area contributed by atoms with Gasteiger partial charge in [-0.15, -0.1) is 0 Å². The third-order valence-corrected chi connectivity index (χ3v) is 2.95. The van der Waals surface area contributed by atoms with E-state index in [4.69, 9.17) is 11.6 Å². The van der Waals surface area contributed by atoms with Crippen molar-refractivity contribution in [1.82, 2.24) is 0 Å². The lowest BCUT2D eigenvalue weighted by molar-refractivity contribution is 0.0596. The predicted molar refractivity (Wildman–Crippen MR) is 66.6 cm³/mol. The van der Waals surface area contributed by atoms with Gasteiger partial charge in [0, 0.05) is 16.5 Å². The van der Waals surface area contributed by atoms with Gasteiger partial charge in [-0.1, -0.05) is 25.4 Å². The fourth-order valence-electron chi connectivity index (χ4n) is 1.46. The van der Waals surface area contributed by atoms with Crippen LogP contribution in [-0.4, -0.2) is 18.9 Å². The van der Waals surface area contributed by atoms with Crippen molar-refractivity contribution in [2.45, 2.75) is 20.3 Å². The number of ether oxygens (including phenoxy) is 1. The maximum atomic E-state index is 12.1. The van der Waals surface area contributed by atoms with E-state index in [9.17, 15) is 9.59 Å². The standard InChI is InChI=1S/C13H15ClO3/c1-4-8(2)12(15)10-6-5-9(14)7-11(10)13(16)17-3/h5-8H,4H2,1-3H3. The number of Topliss-reactive ketones (excluding diaryl/α,β-unsaturated/α-hetero) is 1. The minimum Gasteiger partial charge on any atom is -0.465 e. The molecule has 1 aromatic rings. The maximum absolute atomic E-state index is 12.1. The van der Waals surface area contributed by atoms with Crippen LogP contribution in [0.25, 0.3) is 0 Å². The summed E-state index contributed by atoms with van der Waals surface area (Å²) >= 11 is 5.82. The Morgan fingerprint density at radius 1 is 1.35 bits per heavy atom. The molecule has 0 aromatic heterocycles. The molecule has 0 aliphatic carbocycles. The van der Waals surface area contributed by atoms with Gasteiger partial charge in [0.25, 0.3) is 0 Å². The molecule has 3 nitrogen and oxygen atoms in total. The summed E-state index contributed by atoms with van der Waals surface area (Å²) in [6.07, 6.45) is 0.724. The molecule has 1 rings (SSSR count). The molecular formula is C13H15ClO3. The second-order valence-corrected chi connectivity index (χ2v) is 4.29. The van der Waals surface area contributed by atoms with Crippen molar-refractivity contribution in [3.05, 3.63) is 34.3 Å². The molecule has 0 spiro atoms. The van der Waals surface area contributed by atoms with E-state index in [2.05, 4.69) is 4.74 Å². The Bertz CT molecular complexity index is 440. The van der Waals surface area contributed by atoms with Crippen molar-refractivity contribution >= 4 is 23.4 Å². The van der Waals surface area contributed by atoms with Crippen LogP contribution < -0.4 is 0 Å². The van der Waals surface area contributed by atoms with Crippen LogP contribution in [0.5, 0.6) is 0 Å². The number of esters is 1. The average Bonchev–Trinajstić information content (AvgIpc) is 2.35. The van der Waals surface area contributed by atoms with E-state index >= 15 is 0 Å². The highest BCUT2D eigenvalue weighted by Gasteiger charge is 2.21. The van der Waals surface area contributed by atoms with Gasteiger partial charge in [-0.05, 0) is 24.6 Å². The smallest absolute Gasteiger partial charge is 0.338 e. The van der Waals surface area contributed by atoms with Gasteiger partial charge >= 0.3 is 5.97 Å². The summed E-state index contributed by atoms with van der Waals surface area (Å²) in [6, 6.07) is 4.63. The molecular weight excluding hydrogens is 240 g/mol. The molecule has 0 amide bonds. The zero-order valence-electron chi connectivity index (χ0n) is 10.1. The molecule has 0 N–H and O–H groups in total. The summed E-state index contributed by atoms with van der Waals surface area (Å²) in [5.74, 6) is -0.733. The molecule has 0 bridgehead atoms. The maximum Gasteiger partial charge on any atom is 0.338 e. The second kappa shape index (κ2) is 5.82. The predicted octanol–water partition coefficient (Wildman–Crippen LogP) is 3.36. The number of ketones is 1. The Morgan fingerprint density at radius 2 is 2.00 bits per heavy atom. The molecule has 17 heavy (non-hydrogen) atoms. The molecule has 0 heterocycles. The van der Waals surface area contributed by atoms with Gasteiger partial charge in [0.1, 0.15) is 0 Å². The van der Waals surface area contributed by atoms with E-state index in [0.29, 0.717) is 10.6 Å². The summed E-state index contributed by atoms with van der Waals surface area (Å²) in [6.45, 7) is 3.76. The number of carbonyl (C=O) groups is 2. The molecule has 1 aromatic carbocycles. The Kier molecular flexibility index (Phi) is 4.70. The highest BCUT2D eigenvalue weighted by atomic mass is 35.5. The van der Waals surface area contributed by atoms with Crippen molar-refractivity contribution in [2.24, 2.45) is 5.92 Å². The highest BCUT2D eigenvalue weighted by Crippen LogP contribution is 2.21. The normalized spacial score (nSPS) is 12.0. The molecule has 0 saturated carbocycles. The van der Waals surface area contributed by atoms with Crippen LogP contribution in [0.1, 0.15) is 41.0 Å². The van der Waals surface area contributed by atoms with Crippen LogP contribution in [0.15, 0.2) is 18.2 Å². The number of halogens is 1. The van der Waals surface area contributed by atoms with E-state index in [1.54, 1.807) is 12.1 Å². The largest absolute Gasteiger partial charge is 0.465 e. The first-order valence-corrected chi connectivity index (χ1v) is 5.81. The van der Waals surface area contributed by atoms with Gasteiger partial charge < -0.3 is 4.74 Å². The van der Waals surface area contributed by atoms with Crippen LogP contribution >= 0.6 is 11.6 Å². The van der Waals surface area contributed by atoms with E-state index in [1.807, 2.05) is 13.8 Å². The summed E-state index contributed by atoms with van der Waals surface area (Å²) in [7, 11) is 1.28. The summed E-state index contributed by atoms with van der Waals surface area (Å²) in [4.78, 5) is 23.6. The zero-order chi connectivity index (χ0) is 13.0. The van der Waals surface area contributed by atoms with Crippen molar-refractivity contribution in [3.63, 3.8) is 0 Å². The number of hydrogen-bond acceptors (Lipinski definition) is 3. The Hall–Kier alpha value is -1.35. The van der Waals surface area contributed by atoms with E-state index in [-0.39, 0.29) is 17.3 Å². The SMILES string of the molecule is CCC(C)C(=O)c1ccc(Cl)cc1C(=O)OC. The average molecular weight is 255 g/mol. The van der Waals surface area contributed by atoms with Gasteiger partial charge in [0.2, 0.25) is 0 Å². The lowest BCUT2D eigenvalue weighted by Gasteiger charge is -2.11. The first kappa shape index (κ1) is 13.7. The third kappa shape index (κ3) is 3.07. The second-order valence-electron chi connectivity index (χ2n) is 3.86. The van der Waals surface area contributed by atoms with Crippen LogP contribution in [0, 0.1) is 5.92 Å². The van der Waals surface area contributed by atoms with Gasteiger partial charge in [-0.3, -0.25) is 4.79 Å². The van der Waals surface area contributed by atoms with Crippen molar-refractivity contribution in [3.8, 4) is 0 Å². The summed E-state index contributed by atoms with van der Waals surface area (Å²) in [5.41, 5.74) is 0.598. The van der Waals surface area contributed by atoms with E-state index in [0.717, 1.165) is 6.42 Å². The topological polar surface area (TPSA) is 43.4 Å². The Balaban J connectivity index is 3.23. The van der Waals surface area contributed by atoms with E-state index in [1.165, 1.54) is 13.2 Å². The first-order valence-electron chi connectivity index (χ1n) is 5.43. The molecule has 4 heteroatoms. The fraction of sp³-hybridized carbons (Fsp3) is 0.385. The Morgan fingerprint density at radius 3 is 2.53 bits per heavy atom. The number of carbonyl (C=O) groups excluding carboxylic acids is 2. The van der Waals surface area contributed by atoms with Crippen LogP contribution in [-0.2, 0) is 4.74 Å². The van der Waals surface area contributed by atoms with Crippen LogP contribution in [0.4, 0.5) is 0 Å². The minimum absolute atomic E-state index is 0.0652. The molecule has 92 valence electrons. The third-order valence-electron chi connectivity index (χ3n) is 2.71. The summed E-state index contributed by atoms with van der Waals surface area (Å²) in [5, 5.41) is 0.408.